The molecular weight excluding hydrogens is 356 g/mol. The number of aliphatic hydroxyl groups is 5. The molecule has 0 saturated carbocycles. The van der Waals surface area contributed by atoms with Crippen LogP contribution in [-0.4, -0.2) is 56.1 Å². The van der Waals surface area contributed by atoms with Gasteiger partial charge in [0.15, 0.2) is 0 Å². The van der Waals surface area contributed by atoms with Crippen molar-refractivity contribution in [1.29, 1.82) is 0 Å². The number of hydrogen-bond acceptors (Lipinski definition) is 5. The van der Waals surface area contributed by atoms with Gasteiger partial charge in [0.1, 0.15) is 0 Å². The second kappa shape index (κ2) is 38.0. The van der Waals surface area contributed by atoms with Gasteiger partial charge in [-0.2, -0.15) is 0 Å². The minimum Gasteiger partial charge on any atom is -0.394 e. The Hall–Kier alpha value is 1.23. The number of hydrogen-bond donors (Lipinski definition) is 5. The number of rotatable bonds is 0. The fourth-order valence-electron chi connectivity index (χ4n) is 0. The van der Waals surface area contributed by atoms with Gasteiger partial charge in [-0.05, 0) is 69.2 Å². The summed E-state index contributed by atoms with van der Waals surface area (Å²) in [6, 6.07) is 0. The second-order valence-electron chi connectivity index (χ2n) is 5.47. The van der Waals surface area contributed by atoms with E-state index in [4.69, 9.17) is 25.5 Å². The van der Waals surface area contributed by atoms with E-state index >= 15 is 0 Å². The third-order valence-electron chi connectivity index (χ3n) is 0. The van der Waals surface area contributed by atoms with E-state index in [1.807, 2.05) is 0 Å². The standard InChI is InChI=1S/5C3H8O.2Ti/c5*1-3(2)4;;/h5*3-4H,1-2H3;;. The summed E-state index contributed by atoms with van der Waals surface area (Å²) in [5.74, 6) is 0. The molecule has 0 bridgehead atoms. The molecule has 0 unspecified atom stereocenters. The first-order chi connectivity index (χ1) is 8.66. The Morgan fingerprint density at radius 3 is 0.318 bits per heavy atom. The topological polar surface area (TPSA) is 101 Å². The summed E-state index contributed by atoms with van der Waals surface area (Å²) in [6.07, 6.45) is -0.833. The largest absolute Gasteiger partial charge is 0.394 e. The van der Waals surface area contributed by atoms with E-state index in [1.54, 1.807) is 69.2 Å². The zero-order valence-corrected chi connectivity index (χ0v) is 19.2. The van der Waals surface area contributed by atoms with Crippen molar-refractivity contribution in [3.8, 4) is 0 Å². The molecule has 5 nitrogen and oxygen atoms in total. The van der Waals surface area contributed by atoms with Crippen LogP contribution in [0, 0.1) is 0 Å². The van der Waals surface area contributed by atoms with Gasteiger partial charge in [-0.3, -0.25) is 0 Å². The van der Waals surface area contributed by atoms with Gasteiger partial charge in [-0.25, -0.2) is 0 Å². The SMILES string of the molecule is CC(C)O.CC(C)O.CC(C)O.CC(C)O.CC(C)O.[Ti].[Ti]. The van der Waals surface area contributed by atoms with Crippen LogP contribution in [0.25, 0.3) is 0 Å². The molecule has 0 amide bonds. The minimum atomic E-state index is -0.167. The molecule has 0 aromatic rings. The van der Waals surface area contributed by atoms with Gasteiger partial charge in [0.05, 0.1) is 0 Å². The molecule has 7 heteroatoms. The van der Waals surface area contributed by atoms with Crippen molar-refractivity contribution in [2.45, 2.75) is 99.8 Å². The van der Waals surface area contributed by atoms with Gasteiger partial charge >= 0.3 is 0 Å². The summed E-state index contributed by atoms with van der Waals surface area (Å²) in [7, 11) is 0. The minimum absolute atomic E-state index is 0. The predicted molar refractivity (Wildman–Crippen MR) is 86.8 cm³/mol. The average Bonchev–Trinajstić information content (AvgIpc) is 1.94. The summed E-state index contributed by atoms with van der Waals surface area (Å²) in [6.45, 7) is 17.2. The molecule has 0 heterocycles. The molecule has 0 radical (unpaired) electrons. The molecule has 0 aromatic carbocycles. The molecule has 0 fully saturated rings. The maximum atomic E-state index is 8.06. The van der Waals surface area contributed by atoms with E-state index in [1.165, 1.54) is 0 Å². The summed E-state index contributed by atoms with van der Waals surface area (Å²) < 4.78 is 0. The van der Waals surface area contributed by atoms with Crippen LogP contribution in [0.3, 0.4) is 0 Å². The van der Waals surface area contributed by atoms with Gasteiger partial charge in [-0.15, -0.1) is 0 Å². The van der Waals surface area contributed by atoms with E-state index in [2.05, 4.69) is 0 Å². The van der Waals surface area contributed by atoms with Crippen molar-refractivity contribution in [1.82, 2.24) is 0 Å². The third-order valence-corrected chi connectivity index (χ3v) is 0. The van der Waals surface area contributed by atoms with E-state index in [0.717, 1.165) is 0 Å². The first-order valence-electron chi connectivity index (χ1n) is 7.06. The fourth-order valence-corrected chi connectivity index (χ4v) is 0. The molecular formula is C15H40O5Ti2. The Morgan fingerprint density at radius 2 is 0.318 bits per heavy atom. The number of aliphatic hydroxyl groups excluding tert-OH is 5. The molecule has 0 spiro atoms. The van der Waals surface area contributed by atoms with Crippen LogP contribution >= 0.6 is 0 Å². The van der Waals surface area contributed by atoms with Gasteiger partial charge in [0.25, 0.3) is 0 Å². The normalized spacial score (nSPS) is 8.18. The van der Waals surface area contributed by atoms with Crippen molar-refractivity contribution in [2.75, 3.05) is 0 Å². The summed E-state index contributed by atoms with van der Waals surface area (Å²) in [5.41, 5.74) is 0. The Kier molecular flexibility index (Phi) is 75.3. The maximum Gasteiger partial charge on any atom is 0.0483 e. The van der Waals surface area contributed by atoms with E-state index in [-0.39, 0.29) is 74.0 Å². The van der Waals surface area contributed by atoms with Crippen molar-refractivity contribution in [3.05, 3.63) is 0 Å². The van der Waals surface area contributed by atoms with Crippen LogP contribution in [0.2, 0.25) is 0 Å². The van der Waals surface area contributed by atoms with E-state index < -0.39 is 0 Å². The molecule has 0 atom stereocenters. The molecule has 0 aliphatic carbocycles. The molecule has 0 aromatic heterocycles. The first-order valence-corrected chi connectivity index (χ1v) is 7.06. The Morgan fingerprint density at radius 1 is 0.318 bits per heavy atom. The zero-order chi connectivity index (χ0) is 17.9. The third kappa shape index (κ3) is 5760. The predicted octanol–water partition coefficient (Wildman–Crippen LogP) is 1.93. The molecule has 0 rings (SSSR count). The van der Waals surface area contributed by atoms with E-state index in [0.29, 0.717) is 0 Å². The van der Waals surface area contributed by atoms with Crippen LogP contribution in [0.5, 0.6) is 0 Å². The maximum absolute atomic E-state index is 8.06. The molecule has 0 saturated heterocycles. The van der Waals surface area contributed by atoms with Crippen molar-refractivity contribution < 1.29 is 69.0 Å². The molecule has 0 aliphatic heterocycles. The van der Waals surface area contributed by atoms with Gasteiger partial charge in [-0.1, -0.05) is 0 Å². The molecule has 138 valence electrons. The fraction of sp³-hybridized carbons (Fsp3) is 1.00. The van der Waals surface area contributed by atoms with Crippen LogP contribution in [0.1, 0.15) is 69.2 Å². The second-order valence-corrected chi connectivity index (χ2v) is 5.47. The quantitative estimate of drug-likeness (QED) is 0.403. The van der Waals surface area contributed by atoms with Gasteiger partial charge in [0, 0.05) is 74.0 Å². The molecule has 5 N–H and O–H groups in total. The Balaban J connectivity index is -0.0000000250. The molecule has 0 aliphatic rings. The first kappa shape index (κ1) is 43.6. The van der Waals surface area contributed by atoms with Gasteiger partial charge in [0.2, 0.25) is 0 Å². The van der Waals surface area contributed by atoms with Crippen LogP contribution in [0.15, 0.2) is 0 Å². The van der Waals surface area contributed by atoms with Gasteiger partial charge < -0.3 is 25.5 Å². The average molecular weight is 396 g/mol. The molecule has 22 heavy (non-hydrogen) atoms. The monoisotopic (exact) mass is 396 g/mol. The van der Waals surface area contributed by atoms with Crippen LogP contribution in [-0.2, 0) is 43.4 Å². The van der Waals surface area contributed by atoms with Crippen LogP contribution in [0.4, 0.5) is 0 Å². The smallest absolute Gasteiger partial charge is 0.0483 e. The van der Waals surface area contributed by atoms with Crippen molar-refractivity contribution in [2.24, 2.45) is 0 Å². The van der Waals surface area contributed by atoms with Crippen LogP contribution < -0.4 is 0 Å². The Labute approximate surface area is 168 Å². The Bertz CT molecular complexity index is 84.5. The summed E-state index contributed by atoms with van der Waals surface area (Å²) >= 11 is 0. The van der Waals surface area contributed by atoms with E-state index in [9.17, 15) is 0 Å². The van der Waals surface area contributed by atoms with Crippen molar-refractivity contribution in [3.63, 3.8) is 0 Å². The van der Waals surface area contributed by atoms with Crippen molar-refractivity contribution >= 4 is 0 Å². The summed E-state index contributed by atoms with van der Waals surface area (Å²) in [5, 5.41) is 40.3. The zero-order valence-electron chi connectivity index (χ0n) is 16.1. The summed E-state index contributed by atoms with van der Waals surface area (Å²) in [4.78, 5) is 0.